The van der Waals surface area contributed by atoms with Crippen LogP contribution >= 0.6 is 0 Å². The number of urea groups is 1. The summed E-state index contributed by atoms with van der Waals surface area (Å²) in [6.45, 7) is 1.74. The van der Waals surface area contributed by atoms with Crippen molar-refractivity contribution in [2.45, 2.75) is 18.9 Å². The average Bonchev–Trinajstić information content (AvgIpc) is 2.58. The van der Waals surface area contributed by atoms with Crippen LogP contribution in [0.5, 0.6) is 0 Å². The molecular weight excluding hydrogens is 298 g/mol. The van der Waals surface area contributed by atoms with E-state index in [9.17, 15) is 4.79 Å². The molecule has 2 amide bonds. The summed E-state index contributed by atoms with van der Waals surface area (Å²) in [6, 6.07) is 18.6. The van der Waals surface area contributed by atoms with Crippen molar-refractivity contribution < 1.29 is 4.79 Å². The van der Waals surface area contributed by atoms with Gasteiger partial charge in [0, 0.05) is 12.2 Å². The predicted molar refractivity (Wildman–Crippen MR) is 98.2 cm³/mol. The molecule has 4 heteroatoms. The number of carbonyl (C=O) groups is 1. The second-order valence-corrected chi connectivity index (χ2v) is 6.57. The molecule has 0 saturated heterocycles. The summed E-state index contributed by atoms with van der Waals surface area (Å²) >= 11 is 0. The van der Waals surface area contributed by atoms with Crippen molar-refractivity contribution in [3.05, 3.63) is 65.7 Å². The maximum absolute atomic E-state index is 12.6. The molecule has 0 radical (unpaired) electrons. The second kappa shape index (κ2) is 7.49. The summed E-state index contributed by atoms with van der Waals surface area (Å²) in [5.74, 6) is 0. The maximum Gasteiger partial charge on any atom is 0.322 e. The van der Waals surface area contributed by atoms with Crippen LogP contribution in [0.2, 0.25) is 0 Å². The minimum absolute atomic E-state index is 0.00777. The molecule has 2 aromatic carbocycles. The first-order chi connectivity index (χ1) is 11.6. The third-order valence-corrected chi connectivity index (χ3v) is 4.47. The summed E-state index contributed by atoms with van der Waals surface area (Å²) in [5, 5.41) is 3.04. The summed E-state index contributed by atoms with van der Waals surface area (Å²) in [5.41, 5.74) is 3.39. The van der Waals surface area contributed by atoms with E-state index >= 15 is 0 Å². The Labute approximate surface area is 144 Å². The van der Waals surface area contributed by atoms with Crippen LogP contribution in [0.4, 0.5) is 10.5 Å². The Hall–Kier alpha value is -2.33. The number of para-hydroxylation sites is 1. The lowest BCUT2D eigenvalue weighted by molar-refractivity contribution is 0.179. The number of rotatable bonds is 6. The van der Waals surface area contributed by atoms with Crippen LogP contribution in [0.3, 0.4) is 0 Å². The SMILES string of the molecule is CN(C)CCCN1C(=O)Nc2ccccc2C1Cc1ccccc1. The molecule has 0 aliphatic carbocycles. The third-order valence-electron chi connectivity index (χ3n) is 4.47. The third kappa shape index (κ3) is 3.77. The highest BCUT2D eigenvalue weighted by atomic mass is 16.2. The van der Waals surface area contributed by atoms with Crippen LogP contribution in [-0.4, -0.2) is 43.0 Å². The monoisotopic (exact) mass is 323 g/mol. The smallest absolute Gasteiger partial charge is 0.317 e. The Kier molecular flexibility index (Phi) is 5.16. The summed E-state index contributed by atoms with van der Waals surface area (Å²) in [7, 11) is 4.13. The molecule has 0 spiro atoms. The van der Waals surface area contributed by atoms with E-state index in [4.69, 9.17) is 0 Å². The number of anilines is 1. The Balaban J connectivity index is 1.86. The van der Waals surface area contributed by atoms with E-state index in [1.807, 2.05) is 29.2 Å². The van der Waals surface area contributed by atoms with E-state index in [-0.39, 0.29) is 12.1 Å². The van der Waals surface area contributed by atoms with Gasteiger partial charge >= 0.3 is 6.03 Å². The number of benzene rings is 2. The summed E-state index contributed by atoms with van der Waals surface area (Å²) in [4.78, 5) is 16.8. The fourth-order valence-corrected chi connectivity index (χ4v) is 3.27. The highest BCUT2D eigenvalue weighted by Crippen LogP contribution is 2.35. The molecule has 126 valence electrons. The van der Waals surface area contributed by atoms with Crippen LogP contribution in [0.25, 0.3) is 0 Å². The molecule has 1 N–H and O–H groups in total. The average molecular weight is 323 g/mol. The van der Waals surface area contributed by atoms with Crippen LogP contribution in [-0.2, 0) is 6.42 Å². The zero-order valence-corrected chi connectivity index (χ0v) is 14.4. The van der Waals surface area contributed by atoms with E-state index in [1.165, 1.54) is 11.1 Å². The van der Waals surface area contributed by atoms with E-state index in [0.29, 0.717) is 0 Å². The number of carbonyl (C=O) groups excluding carboxylic acids is 1. The second-order valence-electron chi connectivity index (χ2n) is 6.57. The fourth-order valence-electron chi connectivity index (χ4n) is 3.27. The lowest BCUT2D eigenvalue weighted by Gasteiger charge is -2.38. The highest BCUT2D eigenvalue weighted by molar-refractivity contribution is 5.93. The van der Waals surface area contributed by atoms with Gasteiger partial charge in [0.1, 0.15) is 0 Å². The predicted octanol–water partition coefficient (Wildman–Crippen LogP) is 3.77. The minimum atomic E-state index is 0.00777. The molecule has 2 aromatic rings. The van der Waals surface area contributed by atoms with Gasteiger partial charge in [0.2, 0.25) is 0 Å². The van der Waals surface area contributed by atoms with Gasteiger partial charge in [0.05, 0.1) is 6.04 Å². The molecule has 4 nitrogen and oxygen atoms in total. The molecular formula is C20H25N3O. The highest BCUT2D eigenvalue weighted by Gasteiger charge is 2.31. The van der Waals surface area contributed by atoms with Crippen LogP contribution in [0.15, 0.2) is 54.6 Å². The topological polar surface area (TPSA) is 35.6 Å². The first kappa shape index (κ1) is 16.5. The molecule has 0 bridgehead atoms. The summed E-state index contributed by atoms with van der Waals surface area (Å²) < 4.78 is 0. The fraction of sp³-hybridized carbons (Fsp3) is 0.350. The number of nitrogens with zero attached hydrogens (tertiary/aromatic N) is 2. The van der Waals surface area contributed by atoms with E-state index in [1.54, 1.807) is 0 Å². The Bertz CT molecular complexity index is 684. The standard InChI is InChI=1S/C20H25N3O/c1-22(2)13-8-14-23-19(15-16-9-4-3-5-10-16)17-11-6-7-12-18(17)21-20(23)24/h3-7,9-12,19H,8,13-15H2,1-2H3,(H,21,24). The van der Waals surface area contributed by atoms with Crippen molar-refractivity contribution >= 4 is 11.7 Å². The quantitative estimate of drug-likeness (QED) is 0.878. The minimum Gasteiger partial charge on any atom is -0.317 e. The van der Waals surface area contributed by atoms with Crippen molar-refractivity contribution in [2.24, 2.45) is 0 Å². The Morgan fingerprint density at radius 3 is 2.50 bits per heavy atom. The normalized spacial score (nSPS) is 16.9. The zero-order chi connectivity index (χ0) is 16.9. The molecule has 24 heavy (non-hydrogen) atoms. The van der Waals surface area contributed by atoms with Gasteiger partial charge in [-0.3, -0.25) is 0 Å². The van der Waals surface area contributed by atoms with Crippen molar-refractivity contribution in [1.29, 1.82) is 0 Å². The van der Waals surface area contributed by atoms with Crippen molar-refractivity contribution in [1.82, 2.24) is 9.80 Å². The van der Waals surface area contributed by atoms with Crippen molar-refractivity contribution in [2.75, 3.05) is 32.5 Å². The maximum atomic E-state index is 12.6. The first-order valence-corrected chi connectivity index (χ1v) is 8.50. The van der Waals surface area contributed by atoms with Gasteiger partial charge in [0.15, 0.2) is 0 Å². The molecule has 3 rings (SSSR count). The largest absolute Gasteiger partial charge is 0.322 e. The van der Waals surface area contributed by atoms with Crippen LogP contribution < -0.4 is 5.32 Å². The Morgan fingerprint density at radius 2 is 1.75 bits per heavy atom. The van der Waals surface area contributed by atoms with Gasteiger partial charge < -0.3 is 15.1 Å². The van der Waals surface area contributed by atoms with Gasteiger partial charge in [-0.05, 0) is 50.7 Å². The van der Waals surface area contributed by atoms with Crippen molar-refractivity contribution in [3.63, 3.8) is 0 Å². The lowest BCUT2D eigenvalue weighted by Crippen LogP contribution is -2.44. The number of hydrogen-bond acceptors (Lipinski definition) is 2. The molecule has 0 fully saturated rings. The first-order valence-electron chi connectivity index (χ1n) is 8.50. The van der Waals surface area contributed by atoms with Gasteiger partial charge in [-0.1, -0.05) is 48.5 Å². The number of hydrogen-bond donors (Lipinski definition) is 1. The van der Waals surface area contributed by atoms with Crippen LogP contribution in [0, 0.1) is 0 Å². The van der Waals surface area contributed by atoms with E-state index < -0.39 is 0 Å². The number of fused-ring (bicyclic) bond motifs is 1. The van der Waals surface area contributed by atoms with Gasteiger partial charge in [-0.25, -0.2) is 4.79 Å². The lowest BCUT2D eigenvalue weighted by atomic mass is 9.94. The molecule has 1 unspecified atom stereocenters. The molecule has 1 atom stereocenters. The number of amides is 2. The zero-order valence-electron chi connectivity index (χ0n) is 14.4. The molecule has 0 aromatic heterocycles. The molecule has 0 saturated carbocycles. The van der Waals surface area contributed by atoms with Crippen LogP contribution in [0.1, 0.15) is 23.6 Å². The van der Waals surface area contributed by atoms with Crippen molar-refractivity contribution in [3.8, 4) is 0 Å². The molecule has 1 heterocycles. The Morgan fingerprint density at radius 1 is 1.04 bits per heavy atom. The number of nitrogens with one attached hydrogen (secondary N) is 1. The van der Waals surface area contributed by atoms with Gasteiger partial charge in [-0.15, -0.1) is 0 Å². The van der Waals surface area contributed by atoms with Gasteiger partial charge in [0.25, 0.3) is 0 Å². The molecule has 1 aliphatic rings. The molecule has 1 aliphatic heterocycles. The summed E-state index contributed by atoms with van der Waals surface area (Å²) in [6.07, 6.45) is 1.81. The van der Waals surface area contributed by atoms with E-state index in [2.05, 4.69) is 54.6 Å². The van der Waals surface area contributed by atoms with Gasteiger partial charge in [-0.2, -0.15) is 0 Å². The van der Waals surface area contributed by atoms with E-state index in [0.717, 1.165) is 31.6 Å².